The lowest BCUT2D eigenvalue weighted by atomic mass is 9.84. The number of amides is 2. The monoisotopic (exact) mass is 530 g/mol. The molecule has 11 nitrogen and oxygen atoms in total. The molecule has 2 aromatic rings. The average molecular weight is 531 g/mol. The summed E-state index contributed by atoms with van der Waals surface area (Å²) in [5.41, 5.74) is 0.336. The standard InChI is InChI=1S/C25H34N6O5S/c1-30-21(12-14-27-30)25(34)29-20(16-18-8-3-2-4-9-18)24(33)28-19-10-7-15-31(17-22(19)32)37(35,36)23-11-5-6-13-26-23/h5-6,11-14,18-20H,2-4,7-10,15-17H2,1H3,(H,28,33)(H,29,34)/t19-,20-/m0/s1. The van der Waals surface area contributed by atoms with Gasteiger partial charge in [-0.2, -0.15) is 9.40 Å². The van der Waals surface area contributed by atoms with Gasteiger partial charge in [-0.25, -0.2) is 13.4 Å². The summed E-state index contributed by atoms with van der Waals surface area (Å²) in [5.74, 6) is -0.920. The van der Waals surface area contributed by atoms with E-state index in [2.05, 4.69) is 20.7 Å². The minimum atomic E-state index is -3.93. The quantitative estimate of drug-likeness (QED) is 0.525. The molecule has 2 aliphatic rings. The number of ketones is 1. The molecule has 1 saturated carbocycles. The molecular formula is C25H34N6O5S. The zero-order chi connectivity index (χ0) is 26.4. The molecule has 1 saturated heterocycles. The van der Waals surface area contributed by atoms with Crippen LogP contribution in [0.4, 0.5) is 0 Å². The third-order valence-corrected chi connectivity index (χ3v) is 8.91. The van der Waals surface area contributed by atoms with Gasteiger partial charge in [0.15, 0.2) is 10.8 Å². The lowest BCUT2D eigenvalue weighted by Gasteiger charge is -2.28. The van der Waals surface area contributed by atoms with Gasteiger partial charge in [0.05, 0.1) is 12.6 Å². The van der Waals surface area contributed by atoms with E-state index in [1.807, 2.05) is 0 Å². The molecule has 0 bridgehead atoms. The number of aryl methyl sites for hydroxylation is 1. The number of pyridine rings is 1. The van der Waals surface area contributed by atoms with E-state index in [0.717, 1.165) is 30.0 Å². The Morgan fingerprint density at radius 2 is 1.86 bits per heavy atom. The van der Waals surface area contributed by atoms with Crippen LogP contribution >= 0.6 is 0 Å². The number of carbonyl (C=O) groups excluding carboxylic acids is 3. The molecule has 12 heteroatoms. The Hall–Kier alpha value is -3.12. The number of aromatic nitrogens is 3. The fourth-order valence-electron chi connectivity index (χ4n) is 5.07. The third-order valence-electron chi connectivity index (χ3n) is 7.15. The van der Waals surface area contributed by atoms with Crippen LogP contribution in [0.3, 0.4) is 0 Å². The Labute approximate surface area is 217 Å². The summed E-state index contributed by atoms with van der Waals surface area (Å²) in [6.07, 6.45) is 9.44. The number of hydrogen-bond acceptors (Lipinski definition) is 7. The highest BCUT2D eigenvalue weighted by molar-refractivity contribution is 7.89. The fraction of sp³-hybridized carbons (Fsp3) is 0.560. The van der Waals surface area contributed by atoms with Crippen LogP contribution in [0.2, 0.25) is 0 Å². The largest absolute Gasteiger partial charge is 0.344 e. The molecule has 1 aliphatic carbocycles. The Morgan fingerprint density at radius 3 is 2.54 bits per heavy atom. The number of hydrogen-bond donors (Lipinski definition) is 2. The van der Waals surface area contributed by atoms with E-state index in [-0.39, 0.29) is 23.9 Å². The second-order valence-corrected chi connectivity index (χ2v) is 11.7. The molecule has 2 N–H and O–H groups in total. The smallest absolute Gasteiger partial charge is 0.270 e. The summed E-state index contributed by atoms with van der Waals surface area (Å²) in [7, 11) is -2.27. The molecule has 0 unspecified atom stereocenters. The van der Waals surface area contributed by atoms with Crippen molar-refractivity contribution < 1.29 is 22.8 Å². The topological polar surface area (TPSA) is 143 Å². The minimum absolute atomic E-state index is 0.115. The molecule has 2 aromatic heterocycles. The van der Waals surface area contributed by atoms with Crippen LogP contribution in [0.1, 0.15) is 61.9 Å². The van der Waals surface area contributed by atoms with Gasteiger partial charge in [0, 0.05) is 26.0 Å². The Kier molecular flexibility index (Phi) is 8.70. The predicted molar refractivity (Wildman–Crippen MR) is 135 cm³/mol. The number of carbonyl (C=O) groups is 3. The van der Waals surface area contributed by atoms with Crippen molar-refractivity contribution in [2.75, 3.05) is 13.1 Å². The van der Waals surface area contributed by atoms with Gasteiger partial charge in [0.2, 0.25) is 5.91 Å². The maximum atomic E-state index is 13.4. The van der Waals surface area contributed by atoms with Gasteiger partial charge >= 0.3 is 0 Å². The molecule has 3 heterocycles. The Balaban J connectivity index is 1.45. The second-order valence-electron chi connectivity index (χ2n) is 9.78. The molecular weight excluding hydrogens is 496 g/mol. The zero-order valence-corrected chi connectivity index (χ0v) is 21.8. The van der Waals surface area contributed by atoms with E-state index >= 15 is 0 Å². The van der Waals surface area contributed by atoms with Gasteiger partial charge in [0.1, 0.15) is 11.7 Å². The second kappa shape index (κ2) is 12.0. The molecule has 2 atom stereocenters. The van der Waals surface area contributed by atoms with Crippen molar-refractivity contribution in [3.8, 4) is 0 Å². The molecule has 4 rings (SSSR count). The number of Topliss-reactive ketones (excluding diaryl/α,β-unsaturated/α-hetero) is 1. The molecule has 1 aliphatic heterocycles. The molecule has 2 amide bonds. The zero-order valence-electron chi connectivity index (χ0n) is 21.0. The summed E-state index contributed by atoms with van der Waals surface area (Å²) in [6, 6.07) is 4.53. The summed E-state index contributed by atoms with van der Waals surface area (Å²) >= 11 is 0. The molecule has 2 fully saturated rings. The van der Waals surface area contributed by atoms with Crippen LogP contribution in [0.5, 0.6) is 0 Å². The van der Waals surface area contributed by atoms with Gasteiger partial charge in [-0.3, -0.25) is 19.1 Å². The van der Waals surface area contributed by atoms with Crippen molar-refractivity contribution in [2.24, 2.45) is 13.0 Å². The van der Waals surface area contributed by atoms with E-state index < -0.39 is 33.9 Å². The Morgan fingerprint density at radius 1 is 1.08 bits per heavy atom. The Bertz CT molecular complexity index is 1210. The van der Waals surface area contributed by atoms with Crippen molar-refractivity contribution >= 4 is 27.6 Å². The van der Waals surface area contributed by atoms with Crippen molar-refractivity contribution in [2.45, 2.75) is 68.5 Å². The van der Waals surface area contributed by atoms with E-state index in [4.69, 9.17) is 0 Å². The molecule has 200 valence electrons. The number of sulfonamides is 1. The van der Waals surface area contributed by atoms with E-state index in [1.165, 1.54) is 29.6 Å². The lowest BCUT2D eigenvalue weighted by Crippen LogP contribution is -2.53. The average Bonchev–Trinajstić information content (AvgIpc) is 3.24. The molecule has 37 heavy (non-hydrogen) atoms. The first-order valence-electron chi connectivity index (χ1n) is 12.8. The highest BCUT2D eigenvalue weighted by Gasteiger charge is 2.35. The summed E-state index contributed by atoms with van der Waals surface area (Å²) in [6.45, 7) is -0.196. The number of rotatable bonds is 8. The highest BCUT2D eigenvalue weighted by Crippen LogP contribution is 2.27. The minimum Gasteiger partial charge on any atom is -0.344 e. The molecule has 0 spiro atoms. The van der Waals surface area contributed by atoms with E-state index in [0.29, 0.717) is 30.9 Å². The van der Waals surface area contributed by atoms with E-state index in [1.54, 1.807) is 25.2 Å². The van der Waals surface area contributed by atoms with Gasteiger partial charge in [-0.15, -0.1) is 0 Å². The normalized spacial score (nSPS) is 20.7. The lowest BCUT2D eigenvalue weighted by molar-refractivity contribution is -0.129. The van der Waals surface area contributed by atoms with Crippen LogP contribution in [-0.2, 0) is 26.7 Å². The van der Waals surface area contributed by atoms with Gasteiger partial charge in [0.25, 0.3) is 15.9 Å². The molecule has 0 aromatic carbocycles. The third kappa shape index (κ3) is 6.61. The molecule has 0 radical (unpaired) electrons. The first kappa shape index (κ1) is 26.9. The van der Waals surface area contributed by atoms with Gasteiger partial charge in [-0.1, -0.05) is 38.2 Å². The van der Waals surface area contributed by atoms with Crippen molar-refractivity contribution in [1.82, 2.24) is 29.7 Å². The summed E-state index contributed by atoms with van der Waals surface area (Å²) < 4.78 is 28.5. The first-order valence-corrected chi connectivity index (χ1v) is 14.2. The predicted octanol–water partition coefficient (Wildman–Crippen LogP) is 1.42. The van der Waals surface area contributed by atoms with Crippen LogP contribution < -0.4 is 10.6 Å². The maximum absolute atomic E-state index is 13.4. The van der Waals surface area contributed by atoms with Crippen molar-refractivity contribution in [1.29, 1.82) is 0 Å². The van der Waals surface area contributed by atoms with E-state index in [9.17, 15) is 22.8 Å². The van der Waals surface area contributed by atoms with Gasteiger partial charge in [-0.05, 0) is 43.4 Å². The van der Waals surface area contributed by atoms with Crippen LogP contribution in [0, 0.1) is 5.92 Å². The van der Waals surface area contributed by atoms with Crippen LogP contribution in [-0.4, -0.2) is 70.3 Å². The first-order chi connectivity index (χ1) is 17.8. The van der Waals surface area contributed by atoms with Crippen molar-refractivity contribution in [3.63, 3.8) is 0 Å². The van der Waals surface area contributed by atoms with Crippen molar-refractivity contribution in [3.05, 3.63) is 42.4 Å². The number of nitrogens with one attached hydrogen (secondary N) is 2. The van der Waals surface area contributed by atoms with Crippen LogP contribution in [0.15, 0.2) is 41.7 Å². The summed E-state index contributed by atoms with van der Waals surface area (Å²) in [4.78, 5) is 43.3. The van der Waals surface area contributed by atoms with Gasteiger partial charge < -0.3 is 10.6 Å². The van der Waals surface area contributed by atoms with Crippen LogP contribution in [0.25, 0.3) is 0 Å². The summed E-state index contributed by atoms with van der Waals surface area (Å²) in [5, 5.41) is 9.56. The number of nitrogens with zero attached hydrogens (tertiary/aromatic N) is 4. The fourth-order valence-corrected chi connectivity index (χ4v) is 6.45. The SMILES string of the molecule is Cn1nccc1C(=O)N[C@@H](CC1CCCCC1)C(=O)N[C@H]1CCCN(S(=O)(=O)c2ccccn2)CC1=O. The maximum Gasteiger partial charge on any atom is 0.270 e. The highest BCUT2D eigenvalue weighted by atomic mass is 32.2.